The Labute approximate surface area is 99.2 Å². The molecule has 0 aliphatic carbocycles. The molecule has 0 bridgehead atoms. The van der Waals surface area contributed by atoms with E-state index in [2.05, 4.69) is 46.1 Å². The topological polar surface area (TPSA) is 152 Å². The molecule has 12 N–H and O–H groups in total. The average Bonchev–Trinajstić information content (AvgIpc) is 2.16. The molecule has 0 spiro atoms. The smallest absolute Gasteiger partial charge is 0.194 e. The molecule has 0 radical (unpaired) electrons. The van der Waals surface area contributed by atoms with Crippen molar-refractivity contribution in [3.8, 4) is 0 Å². The third kappa shape index (κ3) is 18.7. The summed E-state index contributed by atoms with van der Waals surface area (Å²) in [6, 6.07) is 0. The zero-order chi connectivity index (χ0) is 9.98. The van der Waals surface area contributed by atoms with Crippen molar-refractivity contribution in [3.63, 3.8) is 0 Å². The third-order valence-corrected chi connectivity index (χ3v) is 0.996. The first-order chi connectivity index (χ1) is 5.62. The molecule has 0 aliphatic rings. The van der Waals surface area contributed by atoms with Crippen LogP contribution in [-0.4, -0.2) is 10.2 Å². The van der Waals surface area contributed by atoms with Gasteiger partial charge in [-0.3, -0.25) is 21.7 Å². The maximum absolute atomic E-state index is 4.75. The second-order valence-corrected chi connectivity index (χ2v) is 2.05. The van der Waals surface area contributed by atoms with Crippen LogP contribution in [0.1, 0.15) is 0 Å². The van der Waals surface area contributed by atoms with Gasteiger partial charge in [0.25, 0.3) is 0 Å². The number of nitrogens with two attached hydrogens (primary N) is 4. The fourth-order valence-corrected chi connectivity index (χ4v) is 0.0833. The van der Waals surface area contributed by atoms with E-state index in [9.17, 15) is 0 Å². The first-order valence-electron chi connectivity index (χ1n) is 2.56. The van der Waals surface area contributed by atoms with Crippen LogP contribution in [0.4, 0.5) is 0 Å². The molecule has 0 amide bonds. The third-order valence-electron chi connectivity index (χ3n) is 0.524. The van der Waals surface area contributed by atoms with Crippen LogP contribution in [0, 0.1) is 0 Å². The monoisotopic (exact) mass is 276 g/mol. The fourth-order valence-electron chi connectivity index (χ4n) is 0.0833. The fraction of sp³-hybridized carbons (Fsp3) is 0. The zero-order valence-electron chi connectivity index (χ0n) is 6.83. The normalized spacial score (nSPS) is 6.46. The molecule has 0 fully saturated rings. The number of rotatable bonds is 0. The summed E-state index contributed by atoms with van der Waals surface area (Å²) in [5.41, 5.74) is 8.44. The molecule has 11 heteroatoms. The molecule has 0 unspecified atom stereocenters. The summed E-state index contributed by atoms with van der Waals surface area (Å²) in [4.78, 5) is 0. The quantitative estimate of drug-likeness (QED) is 0.0964. The molecule has 0 aromatic rings. The minimum atomic E-state index is 0. The minimum Gasteiger partial charge on any atom is -0.300 e. The Morgan fingerprint density at radius 1 is 0.692 bits per heavy atom. The van der Waals surface area contributed by atoms with Gasteiger partial charge in [0.05, 0.1) is 0 Å². The standard InChI is InChI=1S/2CH6N4S.Zn/c2*2-4-1(6)5-3;/h2*2-3H2,(H2,4,5,6);. The molecule has 0 rings (SSSR count). The van der Waals surface area contributed by atoms with Crippen LogP contribution in [-0.2, 0) is 19.5 Å². The van der Waals surface area contributed by atoms with Crippen molar-refractivity contribution in [1.29, 1.82) is 0 Å². The van der Waals surface area contributed by atoms with Gasteiger partial charge in [-0.25, -0.2) is 23.4 Å². The first kappa shape index (κ1) is 18.6. The van der Waals surface area contributed by atoms with Gasteiger partial charge in [-0.1, -0.05) is 0 Å². The second-order valence-electron chi connectivity index (χ2n) is 1.24. The van der Waals surface area contributed by atoms with Gasteiger partial charge in [0.15, 0.2) is 10.2 Å². The van der Waals surface area contributed by atoms with Crippen molar-refractivity contribution in [2.75, 3.05) is 0 Å². The van der Waals surface area contributed by atoms with Crippen molar-refractivity contribution in [3.05, 3.63) is 0 Å². The Morgan fingerprint density at radius 2 is 0.846 bits per heavy atom. The van der Waals surface area contributed by atoms with Gasteiger partial charge in [-0.2, -0.15) is 0 Å². The SMILES string of the molecule is NNC(=S)NN.NNC(=S)NN.[Zn]. The number of hydrogen-bond acceptors (Lipinski definition) is 6. The number of thiocarbonyl (C=S) groups is 2. The number of hydrogen-bond donors (Lipinski definition) is 8. The van der Waals surface area contributed by atoms with E-state index in [0.29, 0.717) is 0 Å². The average molecular weight is 278 g/mol. The summed E-state index contributed by atoms with van der Waals surface area (Å²) < 4.78 is 0. The minimum absolute atomic E-state index is 0. The van der Waals surface area contributed by atoms with Gasteiger partial charge < -0.3 is 0 Å². The Hall–Kier alpha value is -0.157. The van der Waals surface area contributed by atoms with Crippen LogP contribution < -0.4 is 45.1 Å². The Balaban J connectivity index is -0.000000143. The molecule has 0 aliphatic heterocycles. The molecular formula is C2H12N8S2Zn. The van der Waals surface area contributed by atoms with Gasteiger partial charge in [0.1, 0.15) is 0 Å². The van der Waals surface area contributed by atoms with Gasteiger partial charge in [0, 0.05) is 19.5 Å². The summed E-state index contributed by atoms with van der Waals surface area (Å²) in [5, 5.41) is 0.463. The van der Waals surface area contributed by atoms with E-state index in [1.165, 1.54) is 0 Å². The van der Waals surface area contributed by atoms with Gasteiger partial charge in [0.2, 0.25) is 0 Å². The van der Waals surface area contributed by atoms with E-state index >= 15 is 0 Å². The van der Waals surface area contributed by atoms with Gasteiger partial charge in [-0.15, -0.1) is 0 Å². The van der Waals surface area contributed by atoms with E-state index in [0.717, 1.165) is 0 Å². The van der Waals surface area contributed by atoms with Crippen LogP contribution in [0.15, 0.2) is 0 Å². The van der Waals surface area contributed by atoms with Crippen molar-refractivity contribution < 1.29 is 19.5 Å². The molecule has 0 aromatic heterocycles. The van der Waals surface area contributed by atoms with Gasteiger partial charge in [-0.05, 0) is 24.4 Å². The predicted molar refractivity (Wildman–Crippen MR) is 54.5 cm³/mol. The number of hydrazine groups is 4. The first-order valence-corrected chi connectivity index (χ1v) is 3.38. The Morgan fingerprint density at radius 3 is 0.846 bits per heavy atom. The van der Waals surface area contributed by atoms with E-state index < -0.39 is 0 Å². The molecule has 74 valence electrons. The van der Waals surface area contributed by atoms with E-state index in [1.54, 1.807) is 0 Å². The van der Waals surface area contributed by atoms with Crippen LogP contribution in [0.5, 0.6) is 0 Å². The summed E-state index contributed by atoms with van der Waals surface area (Å²) in [6.45, 7) is 0. The number of nitrogens with one attached hydrogen (secondary N) is 4. The Bertz CT molecular complexity index is 112. The molecule has 0 saturated heterocycles. The molecular weight excluding hydrogens is 266 g/mol. The van der Waals surface area contributed by atoms with Crippen LogP contribution in [0.3, 0.4) is 0 Å². The van der Waals surface area contributed by atoms with Crippen LogP contribution >= 0.6 is 24.4 Å². The summed E-state index contributed by atoms with van der Waals surface area (Å²) in [5.74, 6) is 19.0. The molecule has 0 atom stereocenters. The molecule has 13 heavy (non-hydrogen) atoms. The van der Waals surface area contributed by atoms with Gasteiger partial charge >= 0.3 is 0 Å². The van der Waals surface area contributed by atoms with Crippen molar-refractivity contribution in [2.24, 2.45) is 23.4 Å². The van der Waals surface area contributed by atoms with E-state index in [-0.39, 0.29) is 29.7 Å². The summed E-state index contributed by atoms with van der Waals surface area (Å²) in [7, 11) is 0. The van der Waals surface area contributed by atoms with Crippen molar-refractivity contribution >= 4 is 34.7 Å². The summed E-state index contributed by atoms with van der Waals surface area (Å²) in [6.07, 6.45) is 0. The maximum Gasteiger partial charge on any atom is 0.194 e. The van der Waals surface area contributed by atoms with Crippen LogP contribution in [0.2, 0.25) is 0 Å². The molecule has 0 aromatic carbocycles. The van der Waals surface area contributed by atoms with Crippen LogP contribution in [0.25, 0.3) is 0 Å². The van der Waals surface area contributed by atoms with Crippen molar-refractivity contribution in [2.45, 2.75) is 0 Å². The van der Waals surface area contributed by atoms with E-state index in [4.69, 9.17) is 23.4 Å². The second kappa shape index (κ2) is 14.4. The summed E-state index contributed by atoms with van der Waals surface area (Å²) >= 11 is 8.77. The van der Waals surface area contributed by atoms with Crippen molar-refractivity contribution in [1.82, 2.24) is 21.7 Å². The molecule has 0 saturated carbocycles. The van der Waals surface area contributed by atoms with E-state index in [1.807, 2.05) is 0 Å². The molecule has 8 nitrogen and oxygen atoms in total. The maximum atomic E-state index is 4.75. The molecule has 0 heterocycles. The predicted octanol–water partition coefficient (Wildman–Crippen LogP) is -3.61. The largest absolute Gasteiger partial charge is 0.300 e. The zero-order valence-corrected chi connectivity index (χ0v) is 11.4. The Kier molecular flexibility index (Phi) is 20.6.